The summed E-state index contributed by atoms with van der Waals surface area (Å²) in [5.74, 6) is 1.63. The Morgan fingerprint density at radius 2 is 2.29 bits per heavy atom. The number of halogens is 1. The molecule has 0 unspecified atom stereocenters. The Hall–Kier alpha value is -1.12. The Labute approximate surface area is 144 Å². The van der Waals surface area contributed by atoms with Gasteiger partial charge in [-0.3, -0.25) is 4.99 Å². The van der Waals surface area contributed by atoms with Crippen LogP contribution in [0.3, 0.4) is 0 Å². The van der Waals surface area contributed by atoms with Crippen molar-refractivity contribution >= 4 is 67.8 Å². The number of fused-ring (bicyclic) bond motifs is 1. The van der Waals surface area contributed by atoms with Crippen molar-refractivity contribution in [2.24, 2.45) is 4.99 Å². The molecule has 2 aromatic heterocycles. The fourth-order valence-electron chi connectivity index (χ4n) is 1.70. The second-order valence-corrected chi connectivity index (χ2v) is 7.49. The van der Waals surface area contributed by atoms with Crippen molar-refractivity contribution in [3.05, 3.63) is 52.5 Å². The summed E-state index contributed by atoms with van der Waals surface area (Å²) >= 11 is 5.52. The Morgan fingerprint density at radius 3 is 3.05 bits per heavy atom. The molecule has 0 aliphatic carbocycles. The summed E-state index contributed by atoms with van der Waals surface area (Å²) < 4.78 is 8.52. The number of furan rings is 1. The van der Waals surface area contributed by atoms with Gasteiger partial charge in [-0.1, -0.05) is 17.8 Å². The van der Waals surface area contributed by atoms with E-state index in [2.05, 4.69) is 45.2 Å². The van der Waals surface area contributed by atoms with E-state index in [0.717, 1.165) is 35.5 Å². The fraction of sp³-hybridized carbons (Fsp3) is 0.0667. The van der Waals surface area contributed by atoms with Gasteiger partial charge >= 0.3 is 0 Å². The number of hydrogen-bond donors (Lipinski definition) is 0. The largest absolute Gasteiger partial charge is 0.449 e. The van der Waals surface area contributed by atoms with Crippen LogP contribution in [-0.4, -0.2) is 17.0 Å². The van der Waals surface area contributed by atoms with Gasteiger partial charge in [0.25, 0.3) is 0 Å². The number of rotatable bonds is 5. The summed E-state index contributed by atoms with van der Waals surface area (Å²) in [6, 6.07) is 9.84. The molecular formula is C15H11IN2OS2. The number of aliphatic imine (C=N–C) groups is 1. The second-order valence-electron chi connectivity index (χ2n) is 4.13. The summed E-state index contributed by atoms with van der Waals surface area (Å²) in [6.07, 6.45) is 3.62. The molecule has 3 rings (SSSR count). The third-order valence-electron chi connectivity index (χ3n) is 2.61. The summed E-state index contributed by atoms with van der Waals surface area (Å²) in [4.78, 5) is 9.02. The van der Waals surface area contributed by atoms with E-state index in [9.17, 15) is 0 Å². The highest BCUT2D eigenvalue weighted by molar-refractivity contribution is 14.1. The monoisotopic (exact) mass is 426 g/mol. The van der Waals surface area contributed by atoms with Crippen LogP contribution in [0.2, 0.25) is 0 Å². The lowest BCUT2D eigenvalue weighted by atomic mass is 10.3. The van der Waals surface area contributed by atoms with Crippen molar-refractivity contribution in [1.82, 2.24) is 4.98 Å². The molecule has 0 atom stereocenters. The molecule has 6 heteroatoms. The predicted molar refractivity (Wildman–Crippen MR) is 99.2 cm³/mol. The van der Waals surface area contributed by atoms with Gasteiger partial charge < -0.3 is 4.42 Å². The molecule has 2 heterocycles. The lowest BCUT2D eigenvalue weighted by Gasteiger charge is -1.92. The van der Waals surface area contributed by atoms with Crippen molar-refractivity contribution in [2.45, 2.75) is 4.34 Å². The molecule has 0 spiro atoms. The van der Waals surface area contributed by atoms with Gasteiger partial charge in [0.05, 0.1) is 22.1 Å². The van der Waals surface area contributed by atoms with Gasteiger partial charge in [-0.15, -0.1) is 17.9 Å². The zero-order chi connectivity index (χ0) is 14.7. The highest BCUT2D eigenvalue weighted by atomic mass is 127. The minimum Gasteiger partial charge on any atom is -0.449 e. The molecule has 3 aromatic rings. The van der Waals surface area contributed by atoms with Crippen LogP contribution < -0.4 is 0 Å². The minimum absolute atomic E-state index is 0.756. The molecule has 0 aliphatic rings. The van der Waals surface area contributed by atoms with Crippen LogP contribution in [0.5, 0.6) is 0 Å². The number of thiazole rings is 1. The Bertz CT molecular complexity index is 807. The van der Waals surface area contributed by atoms with Crippen molar-refractivity contribution in [2.75, 3.05) is 5.75 Å². The molecule has 0 fully saturated rings. The van der Waals surface area contributed by atoms with Crippen molar-refractivity contribution in [1.29, 1.82) is 0 Å². The van der Waals surface area contributed by atoms with Gasteiger partial charge in [0, 0.05) is 5.75 Å². The van der Waals surface area contributed by atoms with E-state index < -0.39 is 0 Å². The summed E-state index contributed by atoms with van der Waals surface area (Å²) in [5, 5.41) is 0. The third-order valence-corrected chi connectivity index (χ3v) is 5.35. The lowest BCUT2D eigenvalue weighted by molar-refractivity contribution is 0.531. The van der Waals surface area contributed by atoms with Gasteiger partial charge in [0.1, 0.15) is 5.76 Å². The quantitative estimate of drug-likeness (QED) is 0.233. The van der Waals surface area contributed by atoms with Gasteiger partial charge in [-0.2, -0.15) is 0 Å². The van der Waals surface area contributed by atoms with E-state index >= 15 is 0 Å². The summed E-state index contributed by atoms with van der Waals surface area (Å²) in [5.41, 5.74) is 1.91. The maximum absolute atomic E-state index is 5.46. The Kier molecular flexibility index (Phi) is 4.77. The van der Waals surface area contributed by atoms with Crippen LogP contribution in [0.4, 0.5) is 5.69 Å². The zero-order valence-corrected chi connectivity index (χ0v) is 14.7. The SMILES string of the molecule is C=CCSc1nc2ccc(N=Cc3ccc(I)o3)cc2s1. The Balaban J connectivity index is 1.83. The normalized spacial score (nSPS) is 11.5. The van der Waals surface area contributed by atoms with Crippen LogP contribution in [0, 0.1) is 3.77 Å². The predicted octanol–water partition coefficient (Wildman–Crippen LogP) is 5.52. The highest BCUT2D eigenvalue weighted by Crippen LogP contribution is 2.31. The van der Waals surface area contributed by atoms with E-state index in [-0.39, 0.29) is 0 Å². The molecular weight excluding hydrogens is 415 g/mol. The highest BCUT2D eigenvalue weighted by Gasteiger charge is 2.04. The van der Waals surface area contributed by atoms with Gasteiger partial charge in [0.2, 0.25) is 0 Å². The van der Waals surface area contributed by atoms with E-state index in [0.29, 0.717) is 0 Å². The summed E-state index contributed by atoms with van der Waals surface area (Å²) in [7, 11) is 0. The second kappa shape index (κ2) is 6.76. The minimum atomic E-state index is 0.756. The first-order valence-corrected chi connectivity index (χ1v) is 9.06. The van der Waals surface area contributed by atoms with E-state index in [4.69, 9.17) is 4.42 Å². The molecule has 0 aliphatic heterocycles. The average molecular weight is 426 g/mol. The Morgan fingerprint density at radius 1 is 1.38 bits per heavy atom. The van der Waals surface area contributed by atoms with Crippen molar-refractivity contribution in [3.8, 4) is 0 Å². The number of thioether (sulfide) groups is 1. The molecule has 3 nitrogen and oxygen atoms in total. The molecule has 21 heavy (non-hydrogen) atoms. The average Bonchev–Trinajstić information content (AvgIpc) is 3.08. The van der Waals surface area contributed by atoms with Crippen molar-refractivity contribution in [3.63, 3.8) is 0 Å². The molecule has 0 bridgehead atoms. The molecule has 0 N–H and O–H groups in total. The van der Waals surface area contributed by atoms with Crippen LogP contribution >= 0.6 is 45.7 Å². The first-order valence-electron chi connectivity index (χ1n) is 6.18. The smallest absolute Gasteiger partial charge is 0.164 e. The van der Waals surface area contributed by atoms with Gasteiger partial charge in [0.15, 0.2) is 8.11 Å². The first kappa shape index (κ1) is 14.8. The fourth-order valence-corrected chi connectivity index (χ4v) is 4.00. The van der Waals surface area contributed by atoms with Crippen LogP contribution in [0.1, 0.15) is 5.76 Å². The van der Waals surface area contributed by atoms with Crippen LogP contribution in [0.15, 0.2) is 56.7 Å². The van der Waals surface area contributed by atoms with Crippen LogP contribution in [0.25, 0.3) is 10.2 Å². The van der Waals surface area contributed by atoms with E-state index in [1.165, 1.54) is 0 Å². The molecule has 106 valence electrons. The third kappa shape index (κ3) is 3.75. The maximum Gasteiger partial charge on any atom is 0.164 e. The van der Waals surface area contributed by atoms with Gasteiger partial charge in [-0.25, -0.2) is 4.98 Å². The molecule has 0 saturated carbocycles. The van der Waals surface area contributed by atoms with Gasteiger partial charge in [-0.05, 0) is 52.9 Å². The number of benzene rings is 1. The standard InChI is InChI=1S/C15H11IN2OS2/c1-2-7-20-15-18-12-5-3-10(8-13(12)21-15)17-9-11-4-6-14(16)19-11/h2-6,8-9H,1,7H2. The molecule has 0 amide bonds. The van der Waals surface area contributed by atoms with E-state index in [1.54, 1.807) is 29.3 Å². The van der Waals surface area contributed by atoms with E-state index in [1.807, 2.05) is 30.3 Å². The summed E-state index contributed by atoms with van der Waals surface area (Å²) in [6.45, 7) is 3.73. The molecule has 0 radical (unpaired) electrons. The van der Waals surface area contributed by atoms with Crippen LogP contribution in [-0.2, 0) is 0 Å². The van der Waals surface area contributed by atoms with Crippen molar-refractivity contribution < 1.29 is 4.42 Å². The molecule has 1 aromatic carbocycles. The topological polar surface area (TPSA) is 38.4 Å². The first-order chi connectivity index (χ1) is 10.2. The number of nitrogens with zero attached hydrogens (tertiary/aromatic N) is 2. The molecule has 0 saturated heterocycles. The number of aromatic nitrogens is 1. The maximum atomic E-state index is 5.46. The number of hydrogen-bond acceptors (Lipinski definition) is 5. The zero-order valence-electron chi connectivity index (χ0n) is 11.0. The lowest BCUT2D eigenvalue weighted by Crippen LogP contribution is -1.74.